The minimum Gasteiger partial charge on any atom is -0.376 e. The number of hydrogen-bond donors (Lipinski definition) is 0. The maximum Gasteiger partial charge on any atom is 0.0815 e. The minimum absolute atomic E-state index is 0.326. The van der Waals surface area contributed by atoms with Crippen LogP contribution in [0.2, 0.25) is 0 Å². The van der Waals surface area contributed by atoms with Gasteiger partial charge >= 0.3 is 0 Å². The van der Waals surface area contributed by atoms with E-state index in [1.54, 1.807) is 0 Å². The van der Waals surface area contributed by atoms with Crippen LogP contribution in [0.1, 0.15) is 80.6 Å². The Bertz CT molecular complexity index is 332. The highest BCUT2D eigenvalue weighted by molar-refractivity contribution is 4.71. The topological polar surface area (TPSA) is 36.9 Å². The zero-order valence-corrected chi connectivity index (χ0v) is 19.0. The van der Waals surface area contributed by atoms with Crippen LogP contribution >= 0.6 is 0 Å². The lowest BCUT2D eigenvalue weighted by Crippen LogP contribution is -2.37. The number of rotatable bonds is 8. The molecule has 0 N–H and O–H groups in total. The van der Waals surface area contributed by atoms with E-state index in [2.05, 4.69) is 48.5 Å². The van der Waals surface area contributed by atoms with Crippen LogP contribution < -0.4 is 0 Å². The van der Waals surface area contributed by atoms with Crippen LogP contribution in [0.3, 0.4) is 0 Å². The molecule has 2 heterocycles. The average Bonchev–Trinajstić information content (AvgIpc) is 2.56. The summed E-state index contributed by atoms with van der Waals surface area (Å²) in [6, 6.07) is 0. The van der Waals surface area contributed by atoms with E-state index in [-0.39, 0.29) is 0 Å². The highest BCUT2D eigenvalue weighted by atomic mass is 16.6. The summed E-state index contributed by atoms with van der Waals surface area (Å²) in [7, 11) is 0. The molecule has 0 aromatic rings. The van der Waals surface area contributed by atoms with Crippen molar-refractivity contribution < 1.29 is 18.9 Å². The third-order valence-electron chi connectivity index (χ3n) is 4.84. The Kier molecular flexibility index (Phi) is 12.8. The summed E-state index contributed by atoms with van der Waals surface area (Å²) in [5, 5.41) is 0. The predicted octanol–water partition coefficient (Wildman–Crippen LogP) is 5.48. The van der Waals surface area contributed by atoms with Crippen molar-refractivity contribution in [1.82, 2.24) is 0 Å². The molecule has 0 amide bonds. The first-order chi connectivity index (χ1) is 12.8. The van der Waals surface area contributed by atoms with Crippen molar-refractivity contribution in [2.45, 2.75) is 105 Å². The van der Waals surface area contributed by atoms with E-state index in [0.29, 0.717) is 42.2 Å². The van der Waals surface area contributed by atoms with Gasteiger partial charge in [0.15, 0.2) is 0 Å². The van der Waals surface area contributed by atoms with E-state index >= 15 is 0 Å². The fraction of sp³-hybridized carbons (Fsp3) is 1.00. The van der Waals surface area contributed by atoms with Crippen LogP contribution in [0.5, 0.6) is 0 Å². The molecular weight excluding hydrogens is 340 g/mol. The molecule has 0 aromatic heterocycles. The van der Waals surface area contributed by atoms with Gasteiger partial charge in [-0.05, 0) is 43.4 Å². The van der Waals surface area contributed by atoms with Gasteiger partial charge in [-0.3, -0.25) is 0 Å². The van der Waals surface area contributed by atoms with Gasteiger partial charge in [-0.15, -0.1) is 0 Å². The molecule has 2 aliphatic rings. The molecule has 0 spiro atoms. The van der Waals surface area contributed by atoms with Gasteiger partial charge in [0.1, 0.15) is 0 Å². The molecule has 4 unspecified atom stereocenters. The lowest BCUT2D eigenvalue weighted by molar-refractivity contribution is -0.147. The smallest absolute Gasteiger partial charge is 0.0815 e. The molecule has 0 saturated carbocycles. The van der Waals surface area contributed by atoms with Crippen LogP contribution in [0.4, 0.5) is 0 Å². The highest BCUT2D eigenvalue weighted by Gasteiger charge is 2.24. The normalized spacial score (nSPS) is 29.1. The van der Waals surface area contributed by atoms with E-state index in [1.807, 2.05) is 0 Å². The lowest BCUT2D eigenvalue weighted by Gasteiger charge is -2.32. The van der Waals surface area contributed by atoms with Gasteiger partial charge in [-0.25, -0.2) is 0 Å². The number of hydrogen-bond acceptors (Lipinski definition) is 4. The Hall–Kier alpha value is -0.160. The second kappa shape index (κ2) is 13.9. The molecule has 2 saturated heterocycles. The van der Waals surface area contributed by atoms with E-state index in [1.165, 1.54) is 6.42 Å². The summed E-state index contributed by atoms with van der Waals surface area (Å²) in [6.07, 6.45) is 7.03. The third kappa shape index (κ3) is 12.1. The molecule has 0 radical (unpaired) electrons. The molecule has 0 bridgehead atoms. The first kappa shape index (κ1) is 24.9. The van der Waals surface area contributed by atoms with E-state index < -0.39 is 0 Å². The average molecular weight is 387 g/mol. The van der Waals surface area contributed by atoms with Gasteiger partial charge in [0.2, 0.25) is 0 Å². The van der Waals surface area contributed by atoms with E-state index in [4.69, 9.17) is 18.9 Å². The molecular formula is C23H46O4. The van der Waals surface area contributed by atoms with Crippen LogP contribution in [0, 0.1) is 17.8 Å². The van der Waals surface area contributed by atoms with Crippen molar-refractivity contribution in [3.05, 3.63) is 0 Å². The van der Waals surface area contributed by atoms with Gasteiger partial charge in [0, 0.05) is 0 Å². The maximum absolute atomic E-state index is 5.98. The molecule has 2 fully saturated rings. The predicted molar refractivity (Wildman–Crippen MR) is 112 cm³/mol. The molecule has 4 nitrogen and oxygen atoms in total. The minimum atomic E-state index is 0.326. The van der Waals surface area contributed by atoms with Crippen LogP contribution in [0.15, 0.2) is 0 Å². The fourth-order valence-electron chi connectivity index (χ4n) is 3.71. The van der Waals surface area contributed by atoms with Crippen LogP contribution in [0.25, 0.3) is 0 Å². The summed E-state index contributed by atoms with van der Waals surface area (Å²) in [5.74, 6) is 2.10. The second-order valence-corrected chi connectivity index (χ2v) is 9.51. The van der Waals surface area contributed by atoms with Crippen molar-refractivity contribution in [3.8, 4) is 0 Å². The van der Waals surface area contributed by atoms with Gasteiger partial charge in [0.05, 0.1) is 50.8 Å². The zero-order valence-electron chi connectivity index (χ0n) is 19.0. The second-order valence-electron chi connectivity index (χ2n) is 9.51. The largest absolute Gasteiger partial charge is 0.376 e. The molecule has 2 aliphatic heterocycles. The first-order valence-corrected chi connectivity index (χ1v) is 11.3. The quantitative estimate of drug-likeness (QED) is 0.553. The van der Waals surface area contributed by atoms with Crippen molar-refractivity contribution in [1.29, 1.82) is 0 Å². The van der Waals surface area contributed by atoms with Crippen molar-refractivity contribution in [2.24, 2.45) is 17.8 Å². The van der Waals surface area contributed by atoms with Gasteiger partial charge < -0.3 is 18.9 Å². The van der Waals surface area contributed by atoms with Gasteiger partial charge in [-0.2, -0.15) is 0 Å². The Morgan fingerprint density at radius 2 is 1.07 bits per heavy atom. The first-order valence-electron chi connectivity index (χ1n) is 11.3. The molecule has 162 valence electrons. The monoisotopic (exact) mass is 386 g/mol. The Balaban J connectivity index is 0.000000271. The van der Waals surface area contributed by atoms with E-state index in [9.17, 15) is 0 Å². The summed E-state index contributed by atoms with van der Waals surface area (Å²) in [4.78, 5) is 0. The molecule has 0 aliphatic carbocycles. The molecule has 27 heavy (non-hydrogen) atoms. The van der Waals surface area contributed by atoms with Crippen molar-refractivity contribution >= 4 is 0 Å². The van der Waals surface area contributed by atoms with Gasteiger partial charge in [-0.1, -0.05) is 54.9 Å². The van der Waals surface area contributed by atoms with Crippen LogP contribution in [-0.2, 0) is 18.9 Å². The van der Waals surface area contributed by atoms with Gasteiger partial charge in [0.25, 0.3) is 0 Å². The summed E-state index contributed by atoms with van der Waals surface area (Å²) < 4.78 is 23.0. The van der Waals surface area contributed by atoms with E-state index in [0.717, 1.165) is 52.1 Å². The summed E-state index contributed by atoms with van der Waals surface area (Å²) in [6.45, 7) is 18.7. The molecule has 4 atom stereocenters. The van der Waals surface area contributed by atoms with Crippen molar-refractivity contribution in [3.63, 3.8) is 0 Å². The standard InChI is InChI=1S/C12H24O2.C11H22O2/c1-9(2)5-11-7-13-8-12(14-11)6-10(3)4;1-4-5-10-7-13-11(8-12-10)6-9(2)3/h9-12H,5-8H2,1-4H3;9-11H,4-8H2,1-3H3. The Labute approximate surface area is 168 Å². The Morgan fingerprint density at radius 1 is 0.630 bits per heavy atom. The zero-order chi connectivity index (χ0) is 20.2. The summed E-state index contributed by atoms with van der Waals surface area (Å²) >= 11 is 0. The molecule has 2 rings (SSSR count). The summed E-state index contributed by atoms with van der Waals surface area (Å²) in [5.41, 5.74) is 0. The third-order valence-corrected chi connectivity index (χ3v) is 4.84. The van der Waals surface area contributed by atoms with Crippen molar-refractivity contribution in [2.75, 3.05) is 26.4 Å². The SMILES string of the molecule is CC(C)CC1COCC(CC(C)C)O1.CCCC1COC(CC(C)C)CO1. The molecule has 0 aromatic carbocycles. The number of ether oxygens (including phenoxy) is 4. The lowest BCUT2D eigenvalue weighted by atomic mass is 10.0. The molecule has 4 heteroatoms. The highest BCUT2D eigenvalue weighted by Crippen LogP contribution is 2.20. The Morgan fingerprint density at radius 3 is 1.48 bits per heavy atom. The van der Waals surface area contributed by atoms with Crippen LogP contribution in [-0.4, -0.2) is 50.8 Å². The maximum atomic E-state index is 5.98. The fourth-order valence-corrected chi connectivity index (χ4v) is 3.71.